The summed E-state index contributed by atoms with van der Waals surface area (Å²) in [6.07, 6.45) is -0.684. The van der Waals surface area contributed by atoms with Crippen LogP contribution in [0.1, 0.15) is 16.8 Å². The Balaban J connectivity index is 2.87. The number of amides is 1. The summed E-state index contributed by atoms with van der Waals surface area (Å²) in [6.45, 7) is 0. The zero-order valence-electron chi connectivity index (χ0n) is 9.39. The van der Waals surface area contributed by atoms with Gasteiger partial charge in [0.25, 0.3) is 5.91 Å². The van der Waals surface area contributed by atoms with E-state index in [4.69, 9.17) is 10.2 Å². The molecule has 0 spiro atoms. The summed E-state index contributed by atoms with van der Waals surface area (Å²) in [6, 6.07) is 3.24. The van der Waals surface area contributed by atoms with Crippen LogP contribution in [-0.2, 0) is 9.59 Å². The first kappa shape index (κ1) is 15.6. The average Bonchev–Trinajstić information content (AvgIpc) is 2.25. The van der Waals surface area contributed by atoms with Gasteiger partial charge in [0.2, 0.25) is 0 Å². The Hall–Kier alpha value is -1.41. The first-order chi connectivity index (χ1) is 8.79. The molecule has 0 saturated carbocycles. The van der Waals surface area contributed by atoms with Gasteiger partial charge in [-0.05, 0) is 18.2 Å². The van der Waals surface area contributed by atoms with E-state index in [1.54, 1.807) is 6.07 Å². The van der Waals surface area contributed by atoms with Crippen LogP contribution in [0, 0.1) is 0 Å². The molecule has 0 heterocycles. The summed E-state index contributed by atoms with van der Waals surface area (Å²) in [5.41, 5.74) is 0.220. The van der Waals surface area contributed by atoms with E-state index >= 15 is 0 Å². The zero-order chi connectivity index (χ0) is 14.6. The van der Waals surface area contributed by atoms with Crippen molar-refractivity contribution in [3.63, 3.8) is 0 Å². The number of hydrogen-bond donors (Lipinski definition) is 3. The maximum Gasteiger partial charge on any atom is 0.326 e. The van der Waals surface area contributed by atoms with Gasteiger partial charge in [-0.2, -0.15) is 0 Å². The van der Waals surface area contributed by atoms with Gasteiger partial charge in [-0.3, -0.25) is 9.59 Å². The van der Waals surface area contributed by atoms with Crippen molar-refractivity contribution in [3.05, 3.63) is 32.7 Å². The fourth-order valence-electron chi connectivity index (χ4n) is 1.30. The largest absolute Gasteiger partial charge is 0.481 e. The third-order valence-corrected chi connectivity index (χ3v) is 3.02. The van der Waals surface area contributed by atoms with Crippen LogP contribution in [0.25, 0.3) is 0 Å². The Morgan fingerprint density at radius 3 is 2.05 bits per heavy atom. The average molecular weight is 395 g/mol. The maximum absolute atomic E-state index is 11.8. The molecule has 0 fully saturated rings. The number of nitrogens with one attached hydrogen (secondary N) is 1. The van der Waals surface area contributed by atoms with Crippen molar-refractivity contribution in [1.82, 2.24) is 5.32 Å². The van der Waals surface area contributed by atoms with Crippen LogP contribution in [0.15, 0.2) is 27.1 Å². The Morgan fingerprint density at radius 1 is 1.11 bits per heavy atom. The molecular weight excluding hydrogens is 386 g/mol. The van der Waals surface area contributed by atoms with Gasteiger partial charge >= 0.3 is 11.9 Å². The standard InChI is InChI=1S/C11H9Br2NO5/c12-6-1-5(2-7(13)3-6)10(17)14-8(11(18)19)4-9(15)16/h1-3,8H,4H2,(H,14,17)(H,15,16)(H,18,19)/t8-/m1/s1. The molecule has 19 heavy (non-hydrogen) atoms. The molecule has 1 atom stereocenters. The molecule has 1 aromatic carbocycles. The van der Waals surface area contributed by atoms with Gasteiger partial charge in [0, 0.05) is 14.5 Å². The van der Waals surface area contributed by atoms with E-state index in [0.717, 1.165) is 0 Å². The number of hydrogen-bond acceptors (Lipinski definition) is 3. The normalized spacial score (nSPS) is 11.7. The lowest BCUT2D eigenvalue weighted by Crippen LogP contribution is -2.42. The van der Waals surface area contributed by atoms with Gasteiger partial charge in [-0.1, -0.05) is 31.9 Å². The molecule has 1 aromatic rings. The second-order valence-electron chi connectivity index (χ2n) is 3.62. The quantitative estimate of drug-likeness (QED) is 0.707. The molecule has 0 aliphatic heterocycles. The van der Waals surface area contributed by atoms with Crippen molar-refractivity contribution in [2.24, 2.45) is 0 Å². The molecule has 0 saturated heterocycles. The van der Waals surface area contributed by atoms with Crippen LogP contribution in [-0.4, -0.2) is 34.1 Å². The SMILES string of the molecule is O=C(O)C[C@@H](NC(=O)c1cc(Br)cc(Br)c1)C(=O)O. The highest BCUT2D eigenvalue weighted by Crippen LogP contribution is 2.20. The first-order valence-corrected chi connectivity index (χ1v) is 6.59. The fourth-order valence-corrected chi connectivity index (χ4v) is 2.59. The summed E-state index contributed by atoms with van der Waals surface area (Å²) in [4.78, 5) is 33.2. The van der Waals surface area contributed by atoms with Crippen LogP contribution in [0.3, 0.4) is 0 Å². The molecule has 3 N–H and O–H groups in total. The summed E-state index contributed by atoms with van der Waals surface area (Å²) in [5.74, 6) is -3.36. The van der Waals surface area contributed by atoms with Crippen molar-refractivity contribution in [2.45, 2.75) is 12.5 Å². The Bertz CT molecular complexity index is 512. The second kappa shape index (κ2) is 6.67. The Kier molecular flexibility index (Phi) is 5.49. The second-order valence-corrected chi connectivity index (χ2v) is 5.45. The topological polar surface area (TPSA) is 104 Å². The smallest absolute Gasteiger partial charge is 0.326 e. The number of rotatable bonds is 5. The Labute approximate surface area is 125 Å². The number of halogens is 2. The highest BCUT2D eigenvalue weighted by molar-refractivity contribution is 9.11. The number of carboxylic acids is 2. The minimum atomic E-state index is -1.47. The number of carboxylic acid groups (broad SMARTS) is 2. The molecule has 0 aliphatic rings. The van der Waals surface area contributed by atoms with Crippen LogP contribution < -0.4 is 5.32 Å². The molecule has 1 amide bonds. The predicted molar refractivity (Wildman–Crippen MR) is 73.0 cm³/mol. The van der Waals surface area contributed by atoms with Crippen LogP contribution in [0.4, 0.5) is 0 Å². The third kappa shape index (κ3) is 4.99. The first-order valence-electron chi connectivity index (χ1n) is 5.01. The summed E-state index contributed by atoms with van der Waals surface area (Å²) in [5, 5.41) is 19.6. The van der Waals surface area contributed by atoms with Crippen molar-refractivity contribution >= 4 is 49.7 Å². The highest BCUT2D eigenvalue weighted by Gasteiger charge is 2.23. The van der Waals surface area contributed by atoms with Gasteiger partial charge in [-0.25, -0.2) is 4.79 Å². The van der Waals surface area contributed by atoms with Crippen LogP contribution in [0.2, 0.25) is 0 Å². The van der Waals surface area contributed by atoms with Gasteiger partial charge in [0.1, 0.15) is 6.04 Å². The minimum absolute atomic E-state index is 0.220. The van der Waals surface area contributed by atoms with Crippen molar-refractivity contribution < 1.29 is 24.6 Å². The predicted octanol–water partition coefficient (Wildman–Crippen LogP) is 1.87. The van der Waals surface area contributed by atoms with Crippen molar-refractivity contribution in [1.29, 1.82) is 0 Å². The van der Waals surface area contributed by atoms with E-state index in [-0.39, 0.29) is 5.56 Å². The van der Waals surface area contributed by atoms with E-state index in [1.807, 2.05) is 0 Å². The lowest BCUT2D eigenvalue weighted by Gasteiger charge is -2.12. The van der Waals surface area contributed by atoms with E-state index in [2.05, 4.69) is 37.2 Å². The molecule has 1 rings (SSSR count). The zero-order valence-corrected chi connectivity index (χ0v) is 12.6. The van der Waals surface area contributed by atoms with Gasteiger partial charge in [0.15, 0.2) is 0 Å². The third-order valence-electron chi connectivity index (χ3n) is 2.11. The maximum atomic E-state index is 11.8. The molecular formula is C11H9Br2NO5. The highest BCUT2D eigenvalue weighted by atomic mass is 79.9. The lowest BCUT2D eigenvalue weighted by molar-refractivity contribution is -0.145. The van der Waals surface area contributed by atoms with E-state index in [0.29, 0.717) is 8.95 Å². The molecule has 0 aromatic heterocycles. The van der Waals surface area contributed by atoms with E-state index in [9.17, 15) is 14.4 Å². The van der Waals surface area contributed by atoms with Crippen molar-refractivity contribution in [3.8, 4) is 0 Å². The van der Waals surface area contributed by atoms with E-state index < -0.39 is 30.3 Å². The van der Waals surface area contributed by atoms with Crippen LogP contribution >= 0.6 is 31.9 Å². The fraction of sp³-hybridized carbons (Fsp3) is 0.182. The molecule has 0 radical (unpaired) electrons. The van der Waals surface area contributed by atoms with Gasteiger partial charge < -0.3 is 15.5 Å². The number of carbonyl (C=O) groups excluding carboxylic acids is 1. The monoisotopic (exact) mass is 393 g/mol. The number of aliphatic carboxylic acids is 2. The number of carbonyl (C=O) groups is 3. The molecule has 0 aliphatic carbocycles. The molecule has 0 bridgehead atoms. The molecule has 8 heteroatoms. The van der Waals surface area contributed by atoms with Gasteiger partial charge in [0.05, 0.1) is 6.42 Å². The minimum Gasteiger partial charge on any atom is -0.481 e. The lowest BCUT2D eigenvalue weighted by atomic mass is 10.1. The summed E-state index contributed by atoms with van der Waals surface area (Å²) >= 11 is 6.39. The molecule has 6 nitrogen and oxygen atoms in total. The Morgan fingerprint density at radius 2 is 1.63 bits per heavy atom. The van der Waals surface area contributed by atoms with Gasteiger partial charge in [-0.15, -0.1) is 0 Å². The summed E-state index contributed by atoms with van der Waals surface area (Å²) in [7, 11) is 0. The number of benzene rings is 1. The van der Waals surface area contributed by atoms with Crippen LogP contribution in [0.5, 0.6) is 0 Å². The molecule has 0 unspecified atom stereocenters. The summed E-state index contributed by atoms with van der Waals surface area (Å²) < 4.78 is 1.27. The van der Waals surface area contributed by atoms with Crippen molar-refractivity contribution in [2.75, 3.05) is 0 Å². The molecule has 102 valence electrons. The van der Waals surface area contributed by atoms with E-state index in [1.165, 1.54) is 12.1 Å².